The smallest absolute Gasteiger partial charge is 0.231 e. The van der Waals surface area contributed by atoms with Crippen molar-refractivity contribution in [2.24, 2.45) is 5.41 Å². The first-order chi connectivity index (χ1) is 9.05. The molecule has 1 aromatic carbocycles. The third-order valence-corrected chi connectivity index (χ3v) is 3.56. The van der Waals surface area contributed by atoms with Gasteiger partial charge in [-0.2, -0.15) is 0 Å². The Hall–Kier alpha value is -1.33. The van der Waals surface area contributed by atoms with Gasteiger partial charge in [0, 0.05) is 18.3 Å². The molecule has 6 heteroatoms. The van der Waals surface area contributed by atoms with E-state index < -0.39 is 11.2 Å². The van der Waals surface area contributed by atoms with Gasteiger partial charge in [-0.15, -0.1) is 12.4 Å². The third kappa shape index (κ3) is 3.61. The number of amides is 1. The molecule has 1 aliphatic rings. The first-order valence-electron chi connectivity index (χ1n) is 6.41. The van der Waals surface area contributed by atoms with Crippen LogP contribution in [0.15, 0.2) is 18.2 Å². The fourth-order valence-electron chi connectivity index (χ4n) is 2.28. The van der Waals surface area contributed by atoms with Crippen molar-refractivity contribution in [2.45, 2.75) is 19.8 Å². The summed E-state index contributed by atoms with van der Waals surface area (Å²) in [7, 11) is 1.41. The van der Waals surface area contributed by atoms with E-state index in [4.69, 9.17) is 4.74 Å². The van der Waals surface area contributed by atoms with E-state index in [9.17, 15) is 9.18 Å². The van der Waals surface area contributed by atoms with Crippen LogP contribution < -0.4 is 15.4 Å². The molecule has 0 radical (unpaired) electrons. The van der Waals surface area contributed by atoms with Gasteiger partial charge in [-0.05, 0) is 38.4 Å². The molecule has 0 saturated carbocycles. The third-order valence-electron chi connectivity index (χ3n) is 3.56. The predicted octanol–water partition coefficient (Wildman–Crippen LogP) is 2.58. The lowest BCUT2D eigenvalue weighted by atomic mass is 9.82. The van der Waals surface area contributed by atoms with E-state index in [2.05, 4.69) is 10.6 Å². The van der Waals surface area contributed by atoms with Crippen LogP contribution in [0.1, 0.15) is 19.8 Å². The van der Waals surface area contributed by atoms with E-state index in [1.807, 2.05) is 6.92 Å². The average molecular weight is 303 g/mol. The molecular formula is C14H20ClFN2O2. The van der Waals surface area contributed by atoms with Crippen LogP contribution in [0, 0.1) is 11.2 Å². The quantitative estimate of drug-likeness (QED) is 0.902. The Kier molecular flexibility index (Phi) is 5.77. The first kappa shape index (κ1) is 16.7. The molecule has 1 unspecified atom stereocenters. The summed E-state index contributed by atoms with van der Waals surface area (Å²) < 4.78 is 18.4. The highest BCUT2D eigenvalue weighted by Crippen LogP contribution is 2.28. The van der Waals surface area contributed by atoms with Gasteiger partial charge in [0.1, 0.15) is 0 Å². The lowest BCUT2D eigenvalue weighted by Gasteiger charge is -2.32. The fraction of sp³-hybridized carbons (Fsp3) is 0.500. The summed E-state index contributed by atoms with van der Waals surface area (Å²) in [5, 5.41) is 5.99. The van der Waals surface area contributed by atoms with Gasteiger partial charge >= 0.3 is 0 Å². The highest BCUT2D eigenvalue weighted by Gasteiger charge is 2.34. The first-order valence-corrected chi connectivity index (χ1v) is 6.41. The molecule has 0 spiro atoms. The van der Waals surface area contributed by atoms with Crippen molar-refractivity contribution >= 4 is 24.0 Å². The van der Waals surface area contributed by atoms with Gasteiger partial charge in [-0.25, -0.2) is 4.39 Å². The predicted molar refractivity (Wildman–Crippen MR) is 79.0 cm³/mol. The molecule has 0 aliphatic carbocycles. The number of benzene rings is 1. The summed E-state index contributed by atoms with van der Waals surface area (Å²) in [4.78, 5) is 12.3. The molecule has 1 aliphatic heterocycles. The van der Waals surface area contributed by atoms with Crippen molar-refractivity contribution in [1.29, 1.82) is 0 Å². The van der Waals surface area contributed by atoms with Crippen molar-refractivity contribution in [2.75, 3.05) is 25.5 Å². The Morgan fingerprint density at radius 2 is 2.25 bits per heavy atom. The molecule has 4 nitrogen and oxygen atoms in total. The maximum atomic E-state index is 13.5. The number of carbonyl (C=O) groups excluding carboxylic acids is 1. The summed E-state index contributed by atoms with van der Waals surface area (Å²) in [6.45, 7) is 3.52. The molecule has 1 fully saturated rings. The average Bonchev–Trinajstić information content (AvgIpc) is 2.40. The SMILES string of the molecule is COc1ccc(NC(=O)C2(C)CCCNC2)cc1F.Cl. The second kappa shape index (κ2) is 6.90. The molecule has 2 N–H and O–H groups in total. The molecule has 112 valence electrons. The Balaban J connectivity index is 0.00000200. The minimum Gasteiger partial charge on any atom is -0.494 e. The number of ether oxygens (including phenoxy) is 1. The monoisotopic (exact) mass is 302 g/mol. The number of anilines is 1. The lowest BCUT2D eigenvalue weighted by Crippen LogP contribution is -2.46. The zero-order chi connectivity index (χ0) is 13.9. The second-order valence-electron chi connectivity index (χ2n) is 5.14. The zero-order valence-corrected chi connectivity index (χ0v) is 12.5. The molecular weight excluding hydrogens is 283 g/mol. The van der Waals surface area contributed by atoms with Gasteiger partial charge in [-0.1, -0.05) is 0 Å². The van der Waals surface area contributed by atoms with Crippen LogP contribution in [0.4, 0.5) is 10.1 Å². The van der Waals surface area contributed by atoms with Crippen LogP contribution in [0.2, 0.25) is 0 Å². The van der Waals surface area contributed by atoms with Gasteiger partial charge < -0.3 is 15.4 Å². The summed E-state index contributed by atoms with van der Waals surface area (Å²) in [6, 6.07) is 4.42. The summed E-state index contributed by atoms with van der Waals surface area (Å²) in [5.41, 5.74) is 0.0179. The number of halogens is 2. The summed E-state index contributed by atoms with van der Waals surface area (Å²) in [6.07, 6.45) is 1.81. The number of rotatable bonds is 3. The van der Waals surface area contributed by atoms with Crippen molar-refractivity contribution in [3.8, 4) is 5.75 Å². The van der Waals surface area contributed by atoms with E-state index >= 15 is 0 Å². The van der Waals surface area contributed by atoms with Gasteiger partial charge in [0.15, 0.2) is 11.6 Å². The summed E-state index contributed by atoms with van der Waals surface area (Å²) >= 11 is 0. The highest BCUT2D eigenvalue weighted by atomic mass is 35.5. The van der Waals surface area contributed by atoms with Gasteiger partial charge in [0.2, 0.25) is 5.91 Å². The van der Waals surface area contributed by atoms with E-state index in [1.165, 1.54) is 19.2 Å². The van der Waals surface area contributed by atoms with Crippen LogP contribution in [0.5, 0.6) is 5.75 Å². The molecule has 20 heavy (non-hydrogen) atoms. The Labute approximate surface area is 124 Å². The molecule has 2 rings (SSSR count). The van der Waals surface area contributed by atoms with Crippen LogP contribution in [0.25, 0.3) is 0 Å². The van der Waals surface area contributed by atoms with Gasteiger partial charge in [0.25, 0.3) is 0 Å². The topological polar surface area (TPSA) is 50.4 Å². The number of carbonyl (C=O) groups is 1. The standard InChI is InChI=1S/C14H19FN2O2.ClH/c1-14(6-3-7-16-9-14)13(18)17-10-4-5-12(19-2)11(15)8-10;/h4-5,8,16H,3,6-7,9H2,1-2H3,(H,17,18);1H. The van der Waals surface area contributed by atoms with Crippen molar-refractivity contribution < 1.29 is 13.9 Å². The van der Waals surface area contributed by atoms with Crippen molar-refractivity contribution in [3.63, 3.8) is 0 Å². The van der Waals surface area contributed by atoms with Crippen molar-refractivity contribution in [1.82, 2.24) is 5.32 Å². The number of methoxy groups -OCH3 is 1. The molecule has 0 bridgehead atoms. The highest BCUT2D eigenvalue weighted by molar-refractivity contribution is 5.95. The Bertz CT molecular complexity index is 476. The minimum absolute atomic E-state index is 0. The van der Waals surface area contributed by atoms with E-state index in [1.54, 1.807) is 6.07 Å². The van der Waals surface area contributed by atoms with E-state index in [0.717, 1.165) is 19.4 Å². The molecule has 1 saturated heterocycles. The minimum atomic E-state index is -0.479. The molecule has 1 atom stereocenters. The fourth-order valence-corrected chi connectivity index (χ4v) is 2.28. The largest absolute Gasteiger partial charge is 0.494 e. The van der Waals surface area contributed by atoms with Crippen molar-refractivity contribution in [3.05, 3.63) is 24.0 Å². The second-order valence-corrected chi connectivity index (χ2v) is 5.14. The normalized spacial score (nSPS) is 21.8. The van der Waals surface area contributed by atoms with Crippen LogP contribution in [-0.4, -0.2) is 26.1 Å². The molecule has 1 aromatic rings. The Morgan fingerprint density at radius 3 is 2.80 bits per heavy atom. The summed E-state index contributed by atoms with van der Waals surface area (Å²) in [5.74, 6) is -0.389. The zero-order valence-electron chi connectivity index (χ0n) is 11.7. The maximum Gasteiger partial charge on any atom is 0.231 e. The Morgan fingerprint density at radius 1 is 1.50 bits per heavy atom. The number of nitrogens with one attached hydrogen (secondary N) is 2. The van der Waals surface area contributed by atoms with Gasteiger partial charge in [0.05, 0.1) is 12.5 Å². The lowest BCUT2D eigenvalue weighted by molar-refractivity contribution is -0.125. The molecule has 0 aromatic heterocycles. The number of hydrogen-bond donors (Lipinski definition) is 2. The van der Waals surface area contributed by atoms with E-state index in [-0.39, 0.29) is 24.1 Å². The number of hydrogen-bond acceptors (Lipinski definition) is 3. The molecule has 1 heterocycles. The maximum absolute atomic E-state index is 13.5. The molecule has 1 amide bonds. The number of piperidine rings is 1. The van der Waals surface area contributed by atoms with Crippen LogP contribution >= 0.6 is 12.4 Å². The van der Waals surface area contributed by atoms with Gasteiger partial charge in [-0.3, -0.25) is 4.79 Å². The van der Waals surface area contributed by atoms with Crippen LogP contribution in [0.3, 0.4) is 0 Å². The van der Waals surface area contributed by atoms with Crippen LogP contribution in [-0.2, 0) is 4.79 Å². The van der Waals surface area contributed by atoms with E-state index in [0.29, 0.717) is 12.2 Å².